The quantitative estimate of drug-likeness (QED) is 0.269. The molecule has 2 rings (SSSR count). The van der Waals surface area contributed by atoms with E-state index in [1.54, 1.807) is 0 Å². The fraction of sp³-hybridized carbons (Fsp3) is 0.929. The lowest BCUT2D eigenvalue weighted by Gasteiger charge is -2.50. The minimum Gasteiger partial charge on any atom is -0.462 e. The van der Waals surface area contributed by atoms with Gasteiger partial charge in [-0.2, -0.15) is 5.06 Å². The molecule has 0 aromatic heterocycles. The van der Waals surface area contributed by atoms with Crippen molar-refractivity contribution < 1.29 is 29.5 Å². The van der Waals surface area contributed by atoms with Gasteiger partial charge in [0.1, 0.15) is 12.2 Å². The van der Waals surface area contributed by atoms with Crippen molar-refractivity contribution in [1.82, 2.24) is 10.1 Å². The lowest BCUT2D eigenvalue weighted by Crippen LogP contribution is -2.60. The monoisotopic (exact) mass is 511 g/mol. The molecule has 1 radical (unpaired) electrons. The molecule has 8 nitrogen and oxygen atoms in total. The van der Waals surface area contributed by atoms with Gasteiger partial charge in [0.25, 0.3) is 0 Å². The second kappa shape index (κ2) is 12.1. The predicted molar refractivity (Wildman–Crippen MR) is 138 cm³/mol. The summed E-state index contributed by atoms with van der Waals surface area (Å²) < 4.78 is 11.4. The summed E-state index contributed by atoms with van der Waals surface area (Å²) in [7, 11) is 0. The van der Waals surface area contributed by atoms with Gasteiger partial charge in [0, 0.05) is 60.7 Å². The van der Waals surface area contributed by atoms with Gasteiger partial charge in [-0.15, -0.1) is 10.3 Å². The van der Waals surface area contributed by atoms with E-state index in [4.69, 9.17) is 9.47 Å². The third kappa shape index (κ3) is 8.67. The Morgan fingerprint density at radius 3 is 1.31 bits per heavy atom. The third-order valence-corrected chi connectivity index (χ3v) is 7.76. The molecule has 0 atom stereocenters. The van der Waals surface area contributed by atoms with Gasteiger partial charge in [-0.3, -0.25) is 9.59 Å². The van der Waals surface area contributed by atoms with Crippen LogP contribution < -0.4 is 0 Å². The molecule has 0 aliphatic carbocycles. The zero-order chi connectivity index (χ0) is 27.4. The molecule has 2 fully saturated rings. The maximum Gasteiger partial charge on any atom is 0.306 e. The number of hydroxylamine groups is 4. The van der Waals surface area contributed by atoms with Crippen molar-refractivity contribution >= 4 is 11.9 Å². The Morgan fingerprint density at radius 1 is 0.639 bits per heavy atom. The smallest absolute Gasteiger partial charge is 0.306 e. The molecule has 0 aromatic rings. The van der Waals surface area contributed by atoms with E-state index >= 15 is 0 Å². The normalized spacial score (nSPS) is 24.4. The summed E-state index contributed by atoms with van der Waals surface area (Å²) in [6, 6.07) is 0. The van der Waals surface area contributed by atoms with Crippen molar-refractivity contribution in [3.8, 4) is 0 Å². The molecule has 0 saturated carbocycles. The number of carbonyl (C=O) groups is 2. The van der Waals surface area contributed by atoms with Crippen LogP contribution in [-0.2, 0) is 24.3 Å². The molecule has 8 heteroatoms. The number of carbonyl (C=O) groups excluding carboxylic acids is 2. The van der Waals surface area contributed by atoms with Gasteiger partial charge in [0.15, 0.2) is 0 Å². The Morgan fingerprint density at radius 2 is 0.944 bits per heavy atom. The Balaban J connectivity index is 1.54. The third-order valence-electron chi connectivity index (χ3n) is 7.76. The van der Waals surface area contributed by atoms with Gasteiger partial charge in [-0.1, -0.05) is 25.7 Å². The average molecular weight is 512 g/mol. The molecular weight excluding hydrogens is 460 g/mol. The zero-order valence-electron chi connectivity index (χ0n) is 24.0. The van der Waals surface area contributed by atoms with Crippen molar-refractivity contribution in [2.45, 2.75) is 167 Å². The van der Waals surface area contributed by atoms with E-state index < -0.39 is 22.2 Å². The van der Waals surface area contributed by atoms with Crippen molar-refractivity contribution in [3.05, 3.63) is 0 Å². The lowest BCUT2D eigenvalue weighted by molar-refractivity contribution is -0.299. The first-order valence-electron chi connectivity index (χ1n) is 13.8. The number of nitrogens with zero attached hydrogens (tertiary/aromatic N) is 2. The van der Waals surface area contributed by atoms with Crippen LogP contribution >= 0.6 is 0 Å². The first-order valence-corrected chi connectivity index (χ1v) is 13.8. The largest absolute Gasteiger partial charge is 0.462 e. The Kier molecular flexibility index (Phi) is 10.4. The fourth-order valence-electron chi connectivity index (χ4n) is 6.25. The van der Waals surface area contributed by atoms with Gasteiger partial charge in [0.2, 0.25) is 0 Å². The standard InChI is InChI=1S/C28H51N2O6/c1-25(2)17-21(18-26(3,4)29(25)33)35-23(31)15-13-11-9-10-12-14-16-24(32)36-22-19-27(5,6)30(34)28(7,8)20-22/h21-22,33H,9-20H2,1-8H3. The van der Waals surface area contributed by atoms with Crippen LogP contribution in [0.15, 0.2) is 0 Å². The van der Waals surface area contributed by atoms with E-state index in [-0.39, 0.29) is 24.1 Å². The highest BCUT2D eigenvalue weighted by Crippen LogP contribution is 2.39. The van der Waals surface area contributed by atoms with Crippen LogP contribution in [0.3, 0.4) is 0 Å². The molecule has 2 aliphatic heterocycles. The topological polar surface area (TPSA) is 99.2 Å². The summed E-state index contributed by atoms with van der Waals surface area (Å²) in [4.78, 5) is 24.6. The number of rotatable bonds is 11. The van der Waals surface area contributed by atoms with Crippen LogP contribution in [0.5, 0.6) is 0 Å². The van der Waals surface area contributed by atoms with Crippen LogP contribution in [0.4, 0.5) is 0 Å². The van der Waals surface area contributed by atoms with Crippen LogP contribution in [0.25, 0.3) is 0 Å². The molecule has 0 spiro atoms. The van der Waals surface area contributed by atoms with E-state index in [2.05, 4.69) is 0 Å². The van der Waals surface area contributed by atoms with Gasteiger partial charge < -0.3 is 14.7 Å². The molecule has 36 heavy (non-hydrogen) atoms. The van der Waals surface area contributed by atoms with Crippen LogP contribution in [0.1, 0.15) is 132 Å². The summed E-state index contributed by atoms with van der Waals surface area (Å²) in [5.41, 5.74) is -1.94. The molecular formula is C28H51N2O6. The Bertz CT molecular complexity index is 650. The Hall–Kier alpha value is -1.22. The molecule has 2 saturated heterocycles. The number of unbranched alkanes of at least 4 members (excludes halogenated alkanes) is 5. The molecule has 0 unspecified atom stereocenters. The zero-order valence-corrected chi connectivity index (χ0v) is 24.0. The summed E-state index contributed by atoms with van der Waals surface area (Å²) in [5, 5.41) is 25.4. The number of hydrogen-bond donors (Lipinski definition) is 1. The van der Waals surface area contributed by atoms with Gasteiger partial charge >= 0.3 is 11.9 Å². The van der Waals surface area contributed by atoms with Crippen LogP contribution in [-0.4, -0.2) is 61.6 Å². The second-order valence-electron chi connectivity index (χ2n) is 13.5. The van der Waals surface area contributed by atoms with Crippen LogP contribution in [0, 0.1) is 0 Å². The SMILES string of the molecule is CC1(C)CC(OC(=O)CCCCCCCCC(=O)OC2CC(C)(C)N(O)C(C)(C)C2)CC(C)(C)N1[O]. The van der Waals surface area contributed by atoms with Gasteiger partial charge in [0.05, 0.1) is 0 Å². The predicted octanol–water partition coefficient (Wildman–Crippen LogP) is 5.97. The first kappa shape index (κ1) is 31.0. The highest BCUT2D eigenvalue weighted by Gasteiger charge is 2.48. The first-order chi connectivity index (χ1) is 16.5. The lowest BCUT2D eigenvalue weighted by atomic mass is 9.80. The summed E-state index contributed by atoms with van der Waals surface area (Å²) in [6.07, 6.45) is 8.37. The number of esters is 2. The summed E-state index contributed by atoms with van der Waals surface area (Å²) in [6.45, 7) is 15.5. The minimum atomic E-state index is -0.538. The molecule has 0 aromatic carbocycles. The van der Waals surface area contributed by atoms with Gasteiger partial charge in [-0.25, -0.2) is 0 Å². The highest BCUT2D eigenvalue weighted by molar-refractivity contribution is 5.69. The maximum absolute atomic E-state index is 12.4. The maximum atomic E-state index is 12.4. The number of hydrogen-bond acceptors (Lipinski definition) is 7. The Labute approximate surface area is 218 Å². The average Bonchev–Trinajstić information content (AvgIpc) is 2.71. The minimum absolute atomic E-state index is 0.157. The molecule has 2 heterocycles. The molecule has 0 bridgehead atoms. The number of piperidine rings is 2. The molecule has 209 valence electrons. The highest BCUT2D eigenvalue weighted by atomic mass is 16.6. The second-order valence-corrected chi connectivity index (χ2v) is 13.5. The van der Waals surface area contributed by atoms with Crippen LogP contribution in [0.2, 0.25) is 0 Å². The van der Waals surface area contributed by atoms with E-state index in [0.29, 0.717) is 38.5 Å². The summed E-state index contributed by atoms with van der Waals surface area (Å²) >= 11 is 0. The molecule has 2 aliphatic rings. The van der Waals surface area contributed by atoms with E-state index in [0.717, 1.165) is 43.6 Å². The number of ether oxygens (including phenoxy) is 2. The fourth-order valence-corrected chi connectivity index (χ4v) is 6.25. The van der Waals surface area contributed by atoms with E-state index in [9.17, 15) is 20.0 Å². The van der Waals surface area contributed by atoms with E-state index in [1.165, 1.54) is 5.06 Å². The van der Waals surface area contributed by atoms with Gasteiger partial charge in [-0.05, 0) is 68.2 Å². The molecule has 0 amide bonds. The van der Waals surface area contributed by atoms with Crippen molar-refractivity contribution in [3.63, 3.8) is 0 Å². The summed E-state index contributed by atoms with van der Waals surface area (Å²) in [5.74, 6) is -0.331. The van der Waals surface area contributed by atoms with E-state index in [1.807, 2.05) is 55.4 Å². The van der Waals surface area contributed by atoms with Crippen molar-refractivity contribution in [2.75, 3.05) is 0 Å². The van der Waals surface area contributed by atoms with Crippen molar-refractivity contribution in [2.24, 2.45) is 0 Å². The van der Waals surface area contributed by atoms with Crippen molar-refractivity contribution in [1.29, 1.82) is 0 Å². The molecule has 1 N–H and O–H groups in total.